The molecular weight excluding hydrogens is 168 g/mol. The van der Waals surface area contributed by atoms with Gasteiger partial charge in [-0.3, -0.25) is 4.79 Å². The van der Waals surface area contributed by atoms with Crippen LogP contribution in [-0.2, 0) is 4.79 Å². The van der Waals surface area contributed by atoms with Gasteiger partial charge >= 0.3 is 0 Å². The number of nitrogen functional groups attached to an aromatic ring is 1. The van der Waals surface area contributed by atoms with Crippen molar-refractivity contribution in [3.8, 4) is 5.75 Å². The zero-order valence-electron chi connectivity index (χ0n) is 7.20. The summed E-state index contributed by atoms with van der Waals surface area (Å²) in [5.74, 6) is 0.527. The number of anilines is 2. The van der Waals surface area contributed by atoms with Gasteiger partial charge in [0, 0.05) is 5.69 Å². The molecule has 0 aliphatic carbocycles. The first-order valence-electron chi connectivity index (χ1n) is 4.04. The highest BCUT2D eigenvalue weighted by Gasteiger charge is 2.22. The molecule has 4 heteroatoms. The topological polar surface area (TPSA) is 64.3 Å². The summed E-state index contributed by atoms with van der Waals surface area (Å²) in [5, 5.41) is 2.71. The number of fused-ring (bicyclic) bond motifs is 1. The third-order valence-corrected chi connectivity index (χ3v) is 1.93. The summed E-state index contributed by atoms with van der Waals surface area (Å²) in [6.45, 7) is 1.70. The van der Waals surface area contributed by atoms with Crippen LogP contribution in [0, 0.1) is 0 Å². The van der Waals surface area contributed by atoms with Crippen molar-refractivity contribution in [1.82, 2.24) is 0 Å². The van der Waals surface area contributed by atoms with E-state index in [4.69, 9.17) is 10.5 Å². The molecule has 1 amide bonds. The molecule has 0 saturated carbocycles. The summed E-state index contributed by atoms with van der Waals surface area (Å²) >= 11 is 0. The fourth-order valence-electron chi connectivity index (χ4n) is 1.23. The Bertz CT molecular complexity index is 363. The first-order chi connectivity index (χ1) is 6.16. The summed E-state index contributed by atoms with van der Waals surface area (Å²) in [6, 6.07) is 5.17. The minimum absolute atomic E-state index is 0.141. The van der Waals surface area contributed by atoms with E-state index in [1.54, 1.807) is 25.1 Å². The molecular formula is C9H10N2O2. The Kier molecular flexibility index (Phi) is 1.62. The molecule has 0 fully saturated rings. The number of benzene rings is 1. The zero-order chi connectivity index (χ0) is 9.42. The molecule has 1 aromatic rings. The highest BCUT2D eigenvalue weighted by molar-refractivity contribution is 5.97. The van der Waals surface area contributed by atoms with E-state index in [0.717, 1.165) is 0 Å². The molecule has 1 aliphatic heterocycles. The lowest BCUT2D eigenvalue weighted by molar-refractivity contribution is -0.122. The number of hydrogen-bond donors (Lipinski definition) is 2. The smallest absolute Gasteiger partial charge is 0.265 e. The molecule has 0 bridgehead atoms. The van der Waals surface area contributed by atoms with E-state index >= 15 is 0 Å². The molecule has 0 saturated heterocycles. The normalized spacial score (nSPS) is 20.1. The second-order valence-corrected chi connectivity index (χ2v) is 3.00. The second kappa shape index (κ2) is 2.65. The molecule has 2 rings (SSSR count). The van der Waals surface area contributed by atoms with Gasteiger partial charge in [-0.05, 0) is 25.1 Å². The highest BCUT2D eigenvalue weighted by Crippen LogP contribution is 2.30. The molecule has 3 N–H and O–H groups in total. The van der Waals surface area contributed by atoms with Gasteiger partial charge in [-0.1, -0.05) is 0 Å². The van der Waals surface area contributed by atoms with Crippen molar-refractivity contribution < 1.29 is 9.53 Å². The predicted molar refractivity (Wildman–Crippen MR) is 49.6 cm³/mol. The van der Waals surface area contributed by atoms with Crippen LogP contribution in [0.4, 0.5) is 11.4 Å². The van der Waals surface area contributed by atoms with E-state index in [1.165, 1.54) is 0 Å². The number of hydrogen-bond acceptors (Lipinski definition) is 3. The van der Waals surface area contributed by atoms with Gasteiger partial charge in [0.05, 0.1) is 5.69 Å². The lowest BCUT2D eigenvalue weighted by atomic mass is 10.2. The van der Waals surface area contributed by atoms with Gasteiger partial charge in [-0.25, -0.2) is 0 Å². The number of carbonyl (C=O) groups is 1. The first-order valence-corrected chi connectivity index (χ1v) is 4.04. The predicted octanol–water partition coefficient (Wildman–Crippen LogP) is 0.988. The van der Waals surface area contributed by atoms with E-state index in [9.17, 15) is 4.79 Å². The maximum atomic E-state index is 11.2. The number of carbonyl (C=O) groups excluding carboxylic acids is 1. The summed E-state index contributed by atoms with van der Waals surface area (Å²) in [4.78, 5) is 11.2. The van der Waals surface area contributed by atoms with Crippen LogP contribution in [0.25, 0.3) is 0 Å². The lowest BCUT2D eigenvalue weighted by Crippen LogP contribution is -2.34. The van der Waals surface area contributed by atoms with Crippen LogP contribution < -0.4 is 15.8 Å². The van der Waals surface area contributed by atoms with Gasteiger partial charge in [0.15, 0.2) is 6.10 Å². The molecule has 1 unspecified atom stereocenters. The maximum absolute atomic E-state index is 11.2. The van der Waals surface area contributed by atoms with Crippen LogP contribution in [0.5, 0.6) is 5.75 Å². The van der Waals surface area contributed by atoms with Crippen LogP contribution in [0.3, 0.4) is 0 Å². The van der Waals surface area contributed by atoms with Gasteiger partial charge in [0.25, 0.3) is 5.91 Å². The van der Waals surface area contributed by atoms with E-state index in [0.29, 0.717) is 17.1 Å². The molecule has 1 aromatic carbocycles. The van der Waals surface area contributed by atoms with Crippen molar-refractivity contribution in [1.29, 1.82) is 0 Å². The Hall–Kier alpha value is -1.71. The van der Waals surface area contributed by atoms with Gasteiger partial charge in [0.1, 0.15) is 5.75 Å². The molecule has 13 heavy (non-hydrogen) atoms. The monoisotopic (exact) mass is 178 g/mol. The van der Waals surface area contributed by atoms with Gasteiger partial charge in [-0.2, -0.15) is 0 Å². The van der Waals surface area contributed by atoms with E-state index in [2.05, 4.69) is 5.32 Å². The first kappa shape index (κ1) is 7.91. The number of nitrogens with two attached hydrogens (primary N) is 1. The largest absolute Gasteiger partial charge is 0.479 e. The zero-order valence-corrected chi connectivity index (χ0v) is 7.20. The lowest BCUT2D eigenvalue weighted by Gasteiger charge is -2.23. The third kappa shape index (κ3) is 1.30. The summed E-state index contributed by atoms with van der Waals surface area (Å²) < 4.78 is 5.33. The van der Waals surface area contributed by atoms with E-state index < -0.39 is 6.10 Å². The quantitative estimate of drug-likeness (QED) is 0.582. The summed E-state index contributed by atoms with van der Waals surface area (Å²) in [7, 11) is 0. The van der Waals surface area contributed by atoms with Gasteiger partial charge in [-0.15, -0.1) is 0 Å². The van der Waals surface area contributed by atoms with Crippen LogP contribution in [0.1, 0.15) is 6.92 Å². The minimum atomic E-state index is -0.434. The summed E-state index contributed by atoms with van der Waals surface area (Å²) in [6.07, 6.45) is -0.434. The maximum Gasteiger partial charge on any atom is 0.265 e. The Labute approximate surface area is 75.7 Å². The average Bonchev–Trinajstić information content (AvgIpc) is 2.08. The summed E-state index contributed by atoms with van der Waals surface area (Å²) in [5.41, 5.74) is 6.81. The second-order valence-electron chi connectivity index (χ2n) is 3.00. The Balaban J connectivity index is 2.42. The number of nitrogens with one attached hydrogen (secondary N) is 1. The minimum Gasteiger partial charge on any atom is -0.479 e. The molecule has 1 aliphatic rings. The molecule has 0 radical (unpaired) electrons. The molecule has 0 aromatic heterocycles. The molecule has 0 spiro atoms. The molecule has 68 valence electrons. The average molecular weight is 178 g/mol. The van der Waals surface area contributed by atoms with Crippen LogP contribution in [0.2, 0.25) is 0 Å². The molecule has 1 heterocycles. The standard InChI is InChI=1S/C9H10N2O2/c1-5-9(12)11-7-4-6(10)2-3-8(7)13-5/h2-5H,10H2,1H3,(H,11,12). The fourth-order valence-corrected chi connectivity index (χ4v) is 1.23. The van der Waals surface area contributed by atoms with Crippen LogP contribution >= 0.6 is 0 Å². The van der Waals surface area contributed by atoms with Gasteiger partial charge in [0.2, 0.25) is 0 Å². The van der Waals surface area contributed by atoms with Crippen LogP contribution in [0.15, 0.2) is 18.2 Å². The number of amides is 1. The van der Waals surface area contributed by atoms with E-state index in [-0.39, 0.29) is 5.91 Å². The Morgan fingerprint density at radius 1 is 1.54 bits per heavy atom. The molecule has 4 nitrogen and oxygen atoms in total. The Morgan fingerprint density at radius 2 is 2.31 bits per heavy atom. The highest BCUT2D eigenvalue weighted by atomic mass is 16.5. The van der Waals surface area contributed by atoms with Crippen molar-refractivity contribution in [2.24, 2.45) is 0 Å². The van der Waals surface area contributed by atoms with Crippen molar-refractivity contribution >= 4 is 17.3 Å². The van der Waals surface area contributed by atoms with Crippen molar-refractivity contribution in [3.63, 3.8) is 0 Å². The number of ether oxygens (including phenoxy) is 1. The van der Waals surface area contributed by atoms with Crippen molar-refractivity contribution in [2.45, 2.75) is 13.0 Å². The third-order valence-electron chi connectivity index (χ3n) is 1.93. The van der Waals surface area contributed by atoms with Gasteiger partial charge < -0.3 is 15.8 Å². The van der Waals surface area contributed by atoms with E-state index in [1.807, 2.05) is 0 Å². The molecule has 1 atom stereocenters. The fraction of sp³-hybridized carbons (Fsp3) is 0.222. The van der Waals surface area contributed by atoms with Crippen molar-refractivity contribution in [2.75, 3.05) is 11.1 Å². The number of rotatable bonds is 0. The SMILES string of the molecule is CC1Oc2ccc(N)cc2NC1=O. The Morgan fingerprint density at radius 3 is 3.08 bits per heavy atom. The van der Waals surface area contributed by atoms with Crippen LogP contribution in [-0.4, -0.2) is 12.0 Å². The van der Waals surface area contributed by atoms with Crippen molar-refractivity contribution in [3.05, 3.63) is 18.2 Å².